The molecule has 0 bridgehead atoms. The number of rotatable bonds is 7. The number of amides is 1. The summed E-state index contributed by atoms with van der Waals surface area (Å²) in [5, 5.41) is 8.53. The summed E-state index contributed by atoms with van der Waals surface area (Å²) < 4.78 is 1.78. The third-order valence-electron chi connectivity index (χ3n) is 4.95. The largest absolute Gasteiger partial charge is 0.370 e. The van der Waals surface area contributed by atoms with Crippen LogP contribution in [-0.2, 0) is 4.79 Å². The molecule has 4 rings (SSSR count). The van der Waals surface area contributed by atoms with Crippen LogP contribution in [0.15, 0.2) is 43.1 Å². The van der Waals surface area contributed by atoms with Gasteiger partial charge in [0.15, 0.2) is 5.65 Å². The Hall–Kier alpha value is -2.86. The quantitative estimate of drug-likeness (QED) is 0.611. The molecule has 1 fully saturated rings. The molecule has 3 heterocycles. The number of anilines is 1. The maximum atomic E-state index is 11.7. The predicted molar refractivity (Wildman–Crippen MR) is 112 cm³/mol. The summed E-state index contributed by atoms with van der Waals surface area (Å²) in [6, 6.07) is 9.60. The van der Waals surface area contributed by atoms with E-state index in [1.54, 1.807) is 16.8 Å². The van der Waals surface area contributed by atoms with Crippen LogP contribution in [0.4, 0.5) is 5.82 Å². The Morgan fingerprint density at radius 2 is 2.18 bits per heavy atom. The van der Waals surface area contributed by atoms with E-state index >= 15 is 0 Å². The highest BCUT2D eigenvalue weighted by atomic mass is 35.5. The summed E-state index contributed by atoms with van der Waals surface area (Å²) >= 11 is 6.38. The summed E-state index contributed by atoms with van der Waals surface area (Å²) in [5.74, 6) is 1.09. The zero-order chi connectivity index (χ0) is 19.5. The van der Waals surface area contributed by atoms with Crippen molar-refractivity contribution in [1.82, 2.24) is 19.5 Å². The van der Waals surface area contributed by atoms with Gasteiger partial charge in [0, 0.05) is 48.3 Å². The summed E-state index contributed by atoms with van der Waals surface area (Å²) in [5.41, 5.74) is 3.23. The maximum absolute atomic E-state index is 11.7. The first-order valence-corrected chi connectivity index (χ1v) is 9.83. The van der Waals surface area contributed by atoms with E-state index in [0.29, 0.717) is 11.4 Å². The molecule has 0 spiro atoms. The van der Waals surface area contributed by atoms with Crippen molar-refractivity contribution < 1.29 is 4.79 Å². The molecule has 1 aliphatic rings. The van der Waals surface area contributed by atoms with Crippen LogP contribution in [0.3, 0.4) is 0 Å². The maximum Gasteiger partial charge on any atom is 0.222 e. The van der Waals surface area contributed by atoms with Crippen molar-refractivity contribution in [2.45, 2.75) is 19.3 Å². The highest BCUT2D eigenvalue weighted by Crippen LogP contribution is 2.29. The number of nitrogens with zero attached hydrogens (tertiary/aromatic N) is 4. The second kappa shape index (κ2) is 8.02. The molecule has 2 aromatic heterocycles. The normalized spacial score (nSPS) is 14.0. The first-order valence-electron chi connectivity index (χ1n) is 9.45. The Kier molecular flexibility index (Phi) is 5.30. The van der Waals surface area contributed by atoms with Gasteiger partial charge >= 0.3 is 0 Å². The van der Waals surface area contributed by atoms with Gasteiger partial charge in [0.1, 0.15) is 5.82 Å². The van der Waals surface area contributed by atoms with E-state index in [9.17, 15) is 4.79 Å². The van der Waals surface area contributed by atoms with Crippen LogP contribution in [0.25, 0.3) is 23.0 Å². The Bertz CT molecular complexity index is 1030. The van der Waals surface area contributed by atoms with E-state index in [0.717, 1.165) is 60.8 Å². The number of carbonyl (C=O) groups excluding carboxylic acids is 1. The molecule has 1 amide bonds. The number of carbonyl (C=O) groups is 1. The van der Waals surface area contributed by atoms with Gasteiger partial charge in [0.05, 0.1) is 11.9 Å². The molecule has 0 atom stereocenters. The summed E-state index contributed by atoms with van der Waals surface area (Å²) in [7, 11) is 0. The van der Waals surface area contributed by atoms with Crippen LogP contribution in [0.2, 0.25) is 5.02 Å². The molecule has 7 heteroatoms. The van der Waals surface area contributed by atoms with E-state index in [-0.39, 0.29) is 5.91 Å². The van der Waals surface area contributed by atoms with Gasteiger partial charge in [-0.25, -0.2) is 4.98 Å². The molecule has 3 aromatic rings. The summed E-state index contributed by atoms with van der Waals surface area (Å²) in [6.45, 7) is 6.23. The van der Waals surface area contributed by atoms with Crippen molar-refractivity contribution in [3.8, 4) is 11.3 Å². The third kappa shape index (κ3) is 3.60. The Morgan fingerprint density at radius 3 is 2.93 bits per heavy atom. The number of hydrogen-bond donors (Lipinski definition) is 1. The molecule has 0 aliphatic carbocycles. The highest BCUT2D eigenvalue weighted by molar-refractivity contribution is 6.33. The molecule has 0 unspecified atom stereocenters. The Labute approximate surface area is 168 Å². The van der Waals surface area contributed by atoms with Gasteiger partial charge in [-0.1, -0.05) is 42.5 Å². The number of hydrogen-bond acceptors (Lipinski definition) is 4. The monoisotopic (exact) mass is 395 g/mol. The van der Waals surface area contributed by atoms with Gasteiger partial charge in [0.25, 0.3) is 0 Å². The van der Waals surface area contributed by atoms with Crippen LogP contribution in [0.1, 0.15) is 24.8 Å². The van der Waals surface area contributed by atoms with E-state index in [1.165, 1.54) is 0 Å². The summed E-state index contributed by atoms with van der Waals surface area (Å²) in [6.07, 6.45) is 6.01. The molecule has 1 N–H and O–H groups in total. The first kappa shape index (κ1) is 18.5. The topological polar surface area (TPSA) is 62.5 Å². The Morgan fingerprint density at radius 1 is 1.32 bits per heavy atom. The molecule has 0 saturated carbocycles. The number of fused-ring (bicyclic) bond motifs is 1. The SMILES string of the molecule is C=Cc1cnn2c(NCCCN3CCCC3=O)cc(-c3ccccc3Cl)nc12. The van der Waals surface area contributed by atoms with Gasteiger partial charge in [-0.05, 0) is 18.9 Å². The average molecular weight is 396 g/mol. The van der Waals surface area contributed by atoms with Crippen LogP contribution in [0.5, 0.6) is 0 Å². The van der Waals surface area contributed by atoms with Crippen molar-refractivity contribution >= 4 is 35.0 Å². The molecule has 0 radical (unpaired) electrons. The number of nitrogens with one attached hydrogen (secondary N) is 1. The highest BCUT2D eigenvalue weighted by Gasteiger charge is 2.19. The van der Waals surface area contributed by atoms with Crippen molar-refractivity contribution in [3.05, 3.63) is 53.7 Å². The second-order valence-corrected chi connectivity index (χ2v) is 7.22. The van der Waals surface area contributed by atoms with Crippen LogP contribution < -0.4 is 5.32 Å². The zero-order valence-electron chi connectivity index (χ0n) is 15.6. The fraction of sp³-hybridized carbons (Fsp3) is 0.286. The number of likely N-dealkylation sites (tertiary alicyclic amines) is 1. The predicted octanol–water partition coefficient (Wildman–Crippen LogP) is 4.12. The summed E-state index contributed by atoms with van der Waals surface area (Å²) in [4.78, 5) is 18.4. The molecule has 1 saturated heterocycles. The van der Waals surface area contributed by atoms with Crippen molar-refractivity contribution in [2.24, 2.45) is 0 Å². The number of benzene rings is 1. The smallest absolute Gasteiger partial charge is 0.222 e. The molecule has 28 heavy (non-hydrogen) atoms. The molecule has 144 valence electrons. The molecule has 1 aliphatic heterocycles. The van der Waals surface area contributed by atoms with E-state index in [4.69, 9.17) is 16.6 Å². The van der Waals surface area contributed by atoms with Gasteiger partial charge in [-0.2, -0.15) is 9.61 Å². The van der Waals surface area contributed by atoms with Crippen molar-refractivity contribution in [3.63, 3.8) is 0 Å². The second-order valence-electron chi connectivity index (χ2n) is 6.81. The molecule has 6 nitrogen and oxygen atoms in total. The third-order valence-corrected chi connectivity index (χ3v) is 5.28. The van der Waals surface area contributed by atoms with Crippen LogP contribution >= 0.6 is 11.6 Å². The van der Waals surface area contributed by atoms with E-state index in [2.05, 4.69) is 17.0 Å². The van der Waals surface area contributed by atoms with Crippen LogP contribution in [-0.4, -0.2) is 45.0 Å². The lowest BCUT2D eigenvalue weighted by Gasteiger charge is -2.16. The lowest BCUT2D eigenvalue weighted by atomic mass is 10.1. The van der Waals surface area contributed by atoms with Crippen molar-refractivity contribution in [2.75, 3.05) is 25.0 Å². The van der Waals surface area contributed by atoms with Gasteiger partial charge < -0.3 is 10.2 Å². The minimum absolute atomic E-state index is 0.259. The van der Waals surface area contributed by atoms with E-state index < -0.39 is 0 Å². The lowest BCUT2D eigenvalue weighted by Crippen LogP contribution is -2.27. The number of aromatic nitrogens is 3. The minimum atomic E-state index is 0.259. The number of halogens is 1. The lowest BCUT2D eigenvalue weighted by molar-refractivity contribution is -0.127. The fourth-order valence-corrected chi connectivity index (χ4v) is 3.72. The molecular formula is C21H22ClN5O. The minimum Gasteiger partial charge on any atom is -0.370 e. The Balaban J connectivity index is 1.59. The van der Waals surface area contributed by atoms with E-state index in [1.807, 2.05) is 35.2 Å². The fourth-order valence-electron chi connectivity index (χ4n) is 3.48. The van der Waals surface area contributed by atoms with Gasteiger partial charge in [0.2, 0.25) is 5.91 Å². The average Bonchev–Trinajstić information content (AvgIpc) is 3.31. The zero-order valence-corrected chi connectivity index (χ0v) is 16.3. The van der Waals surface area contributed by atoms with Crippen LogP contribution in [0, 0.1) is 0 Å². The van der Waals surface area contributed by atoms with Crippen molar-refractivity contribution in [1.29, 1.82) is 0 Å². The van der Waals surface area contributed by atoms with Gasteiger partial charge in [-0.3, -0.25) is 4.79 Å². The molecular weight excluding hydrogens is 374 g/mol. The van der Waals surface area contributed by atoms with Gasteiger partial charge in [-0.15, -0.1) is 0 Å². The molecule has 1 aromatic carbocycles. The standard InChI is InChI=1S/C21H22ClN5O/c1-2-15-14-24-27-19(23-10-6-12-26-11-5-9-20(26)28)13-18(25-21(15)27)16-7-3-4-8-17(16)22/h2-4,7-8,13-14,23H,1,5-6,9-12H2. The first-order chi connectivity index (χ1) is 13.7.